The van der Waals surface area contributed by atoms with E-state index in [0.717, 1.165) is 10.6 Å². The third kappa shape index (κ3) is 4.73. The highest BCUT2D eigenvalue weighted by atomic mass is 32.2. The van der Waals surface area contributed by atoms with Crippen molar-refractivity contribution in [2.45, 2.75) is 30.6 Å². The SMILES string of the molecule is CC.CCSc1ccc(S)cc1. The summed E-state index contributed by atoms with van der Waals surface area (Å²) < 4.78 is 0. The Morgan fingerprint density at radius 3 is 2.08 bits per heavy atom. The monoisotopic (exact) mass is 200 g/mol. The van der Waals surface area contributed by atoms with Crippen molar-refractivity contribution in [3.05, 3.63) is 24.3 Å². The molecule has 0 aliphatic heterocycles. The van der Waals surface area contributed by atoms with Crippen LogP contribution in [0.5, 0.6) is 0 Å². The van der Waals surface area contributed by atoms with E-state index in [2.05, 4.69) is 31.7 Å². The molecule has 0 nitrogen and oxygen atoms in total. The van der Waals surface area contributed by atoms with Gasteiger partial charge in [-0.15, -0.1) is 24.4 Å². The van der Waals surface area contributed by atoms with Crippen molar-refractivity contribution in [1.29, 1.82) is 0 Å². The molecule has 0 aliphatic rings. The molecule has 0 heterocycles. The Labute approximate surface area is 85.2 Å². The lowest BCUT2D eigenvalue weighted by molar-refractivity contribution is 1.35. The minimum absolute atomic E-state index is 1.03. The van der Waals surface area contributed by atoms with Gasteiger partial charge in [-0.1, -0.05) is 20.8 Å². The van der Waals surface area contributed by atoms with Crippen LogP contribution in [0.4, 0.5) is 0 Å². The number of hydrogen-bond donors (Lipinski definition) is 1. The van der Waals surface area contributed by atoms with Crippen LogP contribution >= 0.6 is 24.4 Å². The topological polar surface area (TPSA) is 0 Å². The molecular weight excluding hydrogens is 184 g/mol. The lowest BCUT2D eigenvalue weighted by Gasteiger charge is -1.96. The highest BCUT2D eigenvalue weighted by molar-refractivity contribution is 7.99. The minimum atomic E-state index is 1.03. The maximum Gasteiger partial charge on any atom is 0.00726 e. The van der Waals surface area contributed by atoms with Gasteiger partial charge >= 0.3 is 0 Å². The summed E-state index contributed by atoms with van der Waals surface area (Å²) in [5, 5.41) is 0. The molecule has 0 bridgehead atoms. The number of hydrogen-bond acceptors (Lipinski definition) is 2. The van der Waals surface area contributed by atoms with Crippen LogP contribution in [-0.4, -0.2) is 5.75 Å². The molecule has 0 saturated heterocycles. The van der Waals surface area contributed by atoms with Crippen molar-refractivity contribution in [3.8, 4) is 0 Å². The van der Waals surface area contributed by atoms with Crippen molar-refractivity contribution in [3.63, 3.8) is 0 Å². The molecular formula is C10H16S2. The number of thioether (sulfide) groups is 1. The smallest absolute Gasteiger partial charge is 0.00726 e. The Bertz CT molecular complexity index is 191. The summed E-state index contributed by atoms with van der Waals surface area (Å²) in [6, 6.07) is 8.22. The van der Waals surface area contributed by atoms with Crippen molar-refractivity contribution < 1.29 is 0 Å². The quantitative estimate of drug-likeness (QED) is 0.553. The number of benzene rings is 1. The second kappa shape index (κ2) is 7.56. The van der Waals surface area contributed by atoms with Gasteiger partial charge in [-0.2, -0.15) is 0 Å². The summed E-state index contributed by atoms with van der Waals surface area (Å²) in [6.07, 6.45) is 0. The first-order valence-corrected chi connectivity index (χ1v) is 5.68. The maximum absolute atomic E-state index is 4.19. The zero-order valence-electron chi connectivity index (χ0n) is 7.87. The second-order valence-electron chi connectivity index (χ2n) is 1.93. The van der Waals surface area contributed by atoms with E-state index in [1.54, 1.807) is 0 Å². The molecule has 68 valence electrons. The van der Waals surface area contributed by atoms with E-state index in [9.17, 15) is 0 Å². The predicted molar refractivity (Wildman–Crippen MR) is 61.4 cm³/mol. The summed E-state index contributed by atoms with van der Waals surface area (Å²) in [4.78, 5) is 2.35. The average molecular weight is 200 g/mol. The normalized spacial score (nSPS) is 8.67. The van der Waals surface area contributed by atoms with Crippen molar-refractivity contribution >= 4 is 24.4 Å². The largest absolute Gasteiger partial charge is 0.143 e. The fraction of sp³-hybridized carbons (Fsp3) is 0.400. The molecule has 12 heavy (non-hydrogen) atoms. The van der Waals surface area contributed by atoms with Crippen molar-refractivity contribution in [1.82, 2.24) is 0 Å². The van der Waals surface area contributed by atoms with Gasteiger partial charge in [-0.05, 0) is 30.0 Å². The van der Waals surface area contributed by atoms with Gasteiger partial charge in [0.1, 0.15) is 0 Å². The van der Waals surface area contributed by atoms with Gasteiger partial charge in [0.25, 0.3) is 0 Å². The highest BCUT2D eigenvalue weighted by Crippen LogP contribution is 2.18. The van der Waals surface area contributed by atoms with E-state index >= 15 is 0 Å². The van der Waals surface area contributed by atoms with E-state index < -0.39 is 0 Å². The molecule has 0 unspecified atom stereocenters. The Hall–Kier alpha value is -0.0800. The van der Waals surface area contributed by atoms with E-state index in [4.69, 9.17) is 0 Å². The predicted octanol–water partition coefficient (Wildman–Crippen LogP) is 4.11. The third-order valence-corrected chi connectivity index (χ3v) is 2.34. The molecule has 1 rings (SSSR count). The summed E-state index contributed by atoms with van der Waals surface area (Å²) in [5.41, 5.74) is 0. The molecule has 0 aliphatic carbocycles. The fourth-order valence-corrected chi connectivity index (χ4v) is 1.52. The fourth-order valence-electron chi connectivity index (χ4n) is 0.709. The molecule has 0 aromatic heterocycles. The molecule has 2 heteroatoms. The van der Waals surface area contributed by atoms with Gasteiger partial charge in [0.05, 0.1) is 0 Å². The molecule has 0 radical (unpaired) electrons. The second-order valence-corrected chi connectivity index (χ2v) is 3.78. The Balaban J connectivity index is 0.000000561. The van der Waals surface area contributed by atoms with Crippen molar-refractivity contribution in [2.75, 3.05) is 5.75 Å². The van der Waals surface area contributed by atoms with Crippen LogP contribution in [0.15, 0.2) is 34.1 Å². The van der Waals surface area contributed by atoms with E-state index in [1.165, 1.54) is 4.90 Å². The van der Waals surface area contributed by atoms with Gasteiger partial charge in [0.2, 0.25) is 0 Å². The summed E-state index contributed by atoms with van der Waals surface area (Å²) >= 11 is 6.04. The average Bonchev–Trinajstić information content (AvgIpc) is 2.13. The van der Waals surface area contributed by atoms with Crippen molar-refractivity contribution in [2.24, 2.45) is 0 Å². The van der Waals surface area contributed by atoms with Gasteiger partial charge in [0, 0.05) is 9.79 Å². The van der Waals surface area contributed by atoms with Crippen LogP contribution in [0.1, 0.15) is 20.8 Å². The van der Waals surface area contributed by atoms with Crippen LogP contribution in [0, 0.1) is 0 Å². The van der Waals surface area contributed by atoms with E-state index in [0.29, 0.717) is 0 Å². The molecule has 1 aromatic carbocycles. The van der Waals surface area contributed by atoms with Crippen LogP contribution in [-0.2, 0) is 0 Å². The van der Waals surface area contributed by atoms with Crippen LogP contribution in [0.25, 0.3) is 0 Å². The van der Waals surface area contributed by atoms with Gasteiger partial charge < -0.3 is 0 Å². The first-order valence-electron chi connectivity index (χ1n) is 4.24. The van der Waals surface area contributed by atoms with Gasteiger partial charge in [0.15, 0.2) is 0 Å². The lowest BCUT2D eigenvalue weighted by Crippen LogP contribution is -1.71. The van der Waals surface area contributed by atoms with Crippen LogP contribution < -0.4 is 0 Å². The summed E-state index contributed by atoms with van der Waals surface area (Å²) in [5.74, 6) is 1.13. The van der Waals surface area contributed by atoms with Crippen LogP contribution in [0.3, 0.4) is 0 Å². The third-order valence-electron chi connectivity index (χ3n) is 1.15. The zero-order chi connectivity index (χ0) is 9.40. The lowest BCUT2D eigenvalue weighted by atomic mass is 10.4. The van der Waals surface area contributed by atoms with Gasteiger partial charge in [-0.3, -0.25) is 0 Å². The standard InChI is InChI=1S/C8H10S2.C2H6/c1-2-10-8-5-3-7(9)4-6-8;1-2/h3-6,9H,2H2,1H3;1-2H3. The molecule has 0 saturated carbocycles. The van der Waals surface area contributed by atoms with E-state index in [1.807, 2.05) is 37.7 Å². The first kappa shape index (κ1) is 11.9. The Morgan fingerprint density at radius 1 is 1.17 bits per heavy atom. The summed E-state index contributed by atoms with van der Waals surface area (Å²) in [7, 11) is 0. The molecule has 0 spiro atoms. The number of thiol groups is 1. The highest BCUT2D eigenvalue weighted by Gasteiger charge is 1.88. The van der Waals surface area contributed by atoms with E-state index in [-0.39, 0.29) is 0 Å². The van der Waals surface area contributed by atoms with Gasteiger partial charge in [-0.25, -0.2) is 0 Å². The molecule has 0 fully saturated rings. The molecule has 0 amide bonds. The zero-order valence-corrected chi connectivity index (χ0v) is 9.58. The Kier molecular flexibility index (Phi) is 7.51. The summed E-state index contributed by atoms with van der Waals surface area (Å²) in [6.45, 7) is 6.15. The first-order chi connectivity index (χ1) is 5.83. The molecule has 0 N–H and O–H groups in total. The maximum atomic E-state index is 4.19. The number of rotatable bonds is 2. The molecule has 0 atom stereocenters. The molecule has 1 aromatic rings. The van der Waals surface area contributed by atoms with Crippen LogP contribution in [0.2, 0.25) is 0 Å². The Morgan fingerprint density at radius 2 is 1.67 bits per heavy atom. The minimum Gasteiger partial charge on any atom is -0.143 e.